The zero-order chi connectivity index (χ0) is 14.5. The molecule has 3 aromatic heterocycles. The van der Waals surface area contributed by atoms with Gasteiger partial charge in [-0.25, -0.2) is 9.97 Å². The van der Waals surface area contributed by atoms with Crippen molar-refractivity contribution in [1.82, 2.24) is 24.4 Å². The molecule has 0 unspecified atom stereocenters. The van der Waals surface area contributed by atoms with Crippen LogP contribution in [0.5, 0.6) is 0 Å². The Morgan fingerprint density at radius 2 is 2.19 bits per heavy atom. The molecule has 0 aliphatic carbocycles. The lowest BCUT2D eigenvalue weighted by atomic mass is 10.2. The number of pyridine rings is 1. The van der Waals surface area contributed by atoms with E-state index >= 15 is 0 Å². The maximum Gasteiger partial charge on any atom is 0.140 e. The molecule has 3 heterocycles. The molecule has 0 saturated heterocycles. The summed E-state index contributed by atoms with van der Waals surface area (Å²) in [6.07, 6.45) is 10.9. The zero-order valence-corrected chi connectivity index (χ0v) is 12.4. The van der Waals surface area contributed by atoms with Gasteiger partial charge in [0.2, 0.25) is 0 Å². The van der Waals surface area contributed by atoms with Gasteiger partial charge < -0.3 is 14.5 Å². The van der Waals surface area contributed by atoms with E-state index in [1.165, 1.54) is 10.9 Å². The van der Waals surface area contributed by atoms with E-state index in [1.54, 1.807) is 0 Å². The van der Waals surface area contributed by atoms with Crippen molar-refractivity contribution in [3.8, 4) is 0 Å². The molecule has 0 saturated carbocycles. The Kier molecular flexibility index (Phi) is 4.31. The maximum atomic E-state index is 4.54. The van der Waals surface area contributed by atoms with E-state index in [0.29, 0.717) is 0 Å². The van der Waals surface area contributed by atoms with Crippen LogP contribution in [0.15, 0.2) is 43.2 Å². The van der Waals surface area contributed by atoms with E-state index in [-0.39, 0.29) is 0 Å². The van der Waals surface area contributed by atoms with Crippen molar-refractivity contribution in [3.63, 3.8) is 0 Å². The Bertz CT molecular complexity index is 684. The number of rotatable bonds is 7. The molecule has 0 aliphatic heterocycles. The largest absolute Gasteiger partial charge is 0.336 e. The number of fused-ring (bicyclic) bond motifs is 1. The van der Waals surface area contributed by atoms with Crippen molar-refractivity contribution in [2.75, 3.05) is 6.54 Å². The predicted molar refractivity (Wildman–Crippen MR) is 84.0 cm³/mol. The second-order valence-electron chi connectivity index (χ2n) is 5.20. The number of imidazole rings is 1. The van der Waals surface area contributed by atoms with Crippen molar-refractivity contribution >= 4 is 11.0 Å². The molecule has 0 aromatic carbocycles. The molecule has 0 aliphatic rings. The van der Waals surface area contributed by atoms with Gasteiger partial charge in [0.1, 0.15) is 5.65 Å². The van der Waals surface area contributed by atoms with Crippen molar-refractivity contribution in [2.45, 2.75) is 33.0 Å². The van der Waals surface area contributed by atoms with Gasteiger partial charge in [0.05, 0.1) is 6.33 Å². The molecule has 3 aromatic rings. The molecule has 5 nitrogen and oxygen atoms in total. The van der Waals surface area contributed by atoms with Gasteiger partial charge in [-0.1, -0.05) is 6.92 Å². The molecule has 5 heteroatoms. The lowest BCUT2D eigenvalue weighted by Crippen LogP contribution is -2.13. The van der Waals surface area contributed by atoms with Gasteiger partial charge in [-0.3, -0.25) is 0 Å². The molecule has 21 heavy (non-hydrogen) atoms. The highest BCUT2D eigenvalue weighted by molar-refractivity contribution is 5.80. The highest BCUT2D eigenvalue weighted by atomic mass is 15.1. The molecule has 3 rings (SSSR count). The first-order valence-electron chi connectivity index (χ1n) is 7.47. The fraction of sp³-hybridized carbons (Fsp3) is 0.375. The van der Waals surface area contributed by atoms with Crippen LogP contribution in [-0.4, -0.2) is 25.6 Å². The number of hydrogen-bond donors (Lipinski definition) is 1. The summed E-state index contributed by atoms with van der Waals surface area (Å²) in [5.74, 6) is 0. The van der Waals surface area contributed by atoms with E-state index < -0.39 is 0 Å². The Balaban J connectivity index is 1.80. The first-order chi connectivity index (χ1) is 10.4. The van der Waals surface area contributed by atoms with Crippen LogP contribution in [0, 0.1) is 0 Å². The summed E-state index contributed by atoms with van der Waals surface area (Å²) < 4.78 is 4.32. The van der Waals surface area contributed by atoms with Crippen molar-refractivity contribution in [2.24, 2.45) is 0 Å². The van der Waals surface area contributed by atoms with E-state index in [9.17, 15) is 0 Å². The van der Waals surface area contributed by atoms with Gasteiger partial charge in [0, 0.05) is 49.8 Å². The minimum Gasteiger partial charge on any atom is -0.336 e. The Hall–Kier alpha value is -2.14. The molecule has 0 fully saturated rings. The zero-order valence-electron chi connectivity index (χ0n) is 12.4. The highest BCUT2D eigenvalue weighted by Gasteiger charge is 2.08. The molecular formula is C16H21N5. The number of nitrogens with zero attached hydrogens (tertiary/aromatic N) is 4. The van der Waals surface area contributed by atoms with E-state index in [0.717, 1.165) is 38.2 Å². The minimum atomic E-state index is 0.897. The van der Waals surface area contributed by atoms with Crippen LogP contribution in [0.2, 0.25) is 0 Å². The normalized spacial score (nSPS) is 11.3. The average Bonchev–Trinajstić information content (AvgIpc) is 3.14. The summed E-state index contributed by atoms with van der Waals surface area (Å²) in [6.45, 7) is 5.93. The van der Waals surface area contributed by atoms with Gasteiger partial charge in [-0.2, -0.15) is 0 Å². The Morgan fingerprint density at radius 1 is 1.24 bits per heavy atom. The SMILES string of the molecule is CCCNCc1cn(CCn2ccnc2)c2ncccc12. The van der Waals surface area contributed by atoms with Crippen LogP contribution in [0.3, 0.4) is 0 Å². The smallest absolute Gasteiger partial charge is 0.140 e. The van der Waals surface area contributed by atoms with E-state index in [2.05, 4.69) is 43.6 Å². The number of hydrogen-bond acceptors (Lipinski definition) is 3. The van der Waals surface area contributed by atoms with Gasteiger partial charge in [-0.05, 0) is 30.7 Å². The summed E-state index contributed by atoms with van der Waals surface area (Å²) in [5.41, 5.74) is 2.38. The fourth-order valence-electron chi connectivity index (χ4n) is 2.55. The average molecular weight is 283 g/mol. The first-order valence-corrected chi connectivity index (χ1v) is 7.47. The number of nitrogens with one attached hydrogen (secondary N) is 1. The summed E-state index contributed by atoms with van der Waals surface area (Å²) in [4.78, 5) is 8.62. The maximum absolute atomic E-state index is 4.54. The van der Waals surface area contributed by atoms with Gasteiger partial charge in [0.15, 0.2) is 0 Å². The molecule has 0 radical (unpaired) electrons. The second kappa shape index (κ2) is 6.54. The third kappa shape index (κ3) is 3.13. The van der Waals surface area contributed by atoms with Crippen LogP contribution in [-0.2, 0) is 19.6 Å². The van der Waals surface area contributed by atoms with Crippen LogP contribution < -0.4 is 5.32 Å². The lowest BCUT2D eigenvalue weighted by molar-refractivity contribution is 0.586. The second-order valence-corrected chi connectivity index (χ2v) is 5.20. The quantitative estimate of drug-likeness (QED) is 0.677. The monoisotopic (exact) mass is 283 g/mol. The van der Waals surface area contributed by atoms with E-state index in [4.69, 9.17) is 0 Å². The lowest BCUT2D eigenvalue weighted by Gasteiger charge is -2.05. The molecular weight excluding hydrogens is 262 g/mol. The summed E-state index contributed by atoms with van der Waals surface area (Å²) in [6, 6.07) is 4.16. The van der Waals surface area contributed by atoms with Gasteiger partial charge in [0.25, 0.3) is 0 Å². The predicted octanol–water partition coefficient (Wildman–Crippen LogP) is 2.43. The van der Waals surface area contributed by atoms with Gasteiger partial charge in [-0.15, -0.1) is 0 Å². The Labute approximate surface area is 124 Å². The fourth-order valence-corrected chi connectivity index (χ4v) is 2.55. The first kappa shape index (κ1) is 13.8. The molecule has 1 N–H and O–H groups in total. The third-order valence-electron chi connectivity index (χ3n) is 3.62. The molecule has 0 bridgehead atoms. The molecule has 0 atom stereocenters. The standard InChI is InChI=1S/C16H21N5/c1-2-5-17-11-14-12-21(10-9-20-8-7-18-13-20)16-15(14)4-3-6-19-16/h3-4,6-8,12-13,17H,2,5,9-11H2,1H3. The molecule has 110 valence electrons. The van der Waals surface area contributed by atoms with Crippen LogP contribution in [0.1, 0.15) is 18.9 Å². The van der Waals surface area contributed by atoms with Crippen LogP contribution >= 0.6 is 0 Å². The topological polar surface area (TPSA) is 47.7 Å². The highest BCUT2D eigenvalue weighted by Crippen LogP contribution is 2.19. The van der Waals surface area contributed by atoms with Crippen LogP contribution in [0.25, 0.3) is 11.0 Å². The van der Waals surface area contributed by atoms with Crippen molar-refractivity contribution in [1.29, 1.82) is 0 Å². The van der Waals surface area contributed by atoms with Crippen molar-refractivity contribution < 1.29 is 0 Å². The Morgan fingerprint density at radius 3 is 3.00 bits per heavy atom. The molecule has 0 spiro atoms. The summed E-state index contributed by atoms with van der Waals surface area (Å²) in [7, 11) is 0. The summed E-state index contributed by atoms with van der Waals surface area (Å²) in [5, 5.41) is 4.71. The third-order valence-corrected chi connectivity index (χ3v) is 3.62. The summed E-state index contributed by atoms with van der Waals surface area (Å²) >= 11 is 0. The van der Waals surface area contributed by atoms with E-state index in [1.807, 2.05) is 31.0 Å². The van der Waals surface area contributed by atoms with Crippen molar-refractivity contribution in [3.05, 3.63) is 48.8 Å². The number of aryl methyl sites for hydroxylation is 2. The minimum absolute atomic E-state index is 0.897. The number of aromatic nitrogens is 4. The van der Waals surface area contributed by atoms with Crippen LogP contribution in [0.4, 0.5) is 0 Å². The van der Waals surface area contributed by atoms with Gasteiger partial charge >= 0.3 is 0 Å². The molecule has 0 amide bonds.